The standard InChI is InChI=1S/C16H25NO2/c1-3-10-17(11-4-2)15(13-16(18)19)12-14-8-6-5-7-9-14/h5-9,15H,3-4,10-13H2,1-2H3,(H,18,19). The molecule has 1 rings (SSSR count). The second-order valence-corrected chi connectivity index (χ2v) is 4.98. The molecule has 0 aromatic heterocycles. The molecule has 0 radical (unpaired) electrons. The molecule has 0 aliphatic rings. The fourth-order valence-corrected chi connectivity index (χ4v) is 2.47. The molecule has 0 bridgehead atoms. The average molecular weight is 263 g/mol. The molecule has 3 nitrogen and oxygen atoms in total. The van der Waals surface area contributed by atoms with Gasteiger partial charge in [0, 0.05) is 6.04 Å². The van der Waals surface area contributed by atoms with Crippen LogP contribution >= 0.6 is 0 Å². The van der Waals surface area contributed by atoms with E-state index in [0.717, 1.165) is 32.4 Å². The largest absolute Gasteiger partial charge is 0.481 e. The summed E-state index contributed by atoms with van der Waals surface area (Å²) in [5, 5.41) is 9.12. The van der Waals surface area contributed by atoms with Gasteiger partial charge in [-0.2, -0.15) is 0 Å². The van der Waals surface area contributed by atoms with Gasteiger partial charge in [0.25, 0.3) is 0 Å². The van der Waals surface area contributed by atoms with E-state index in [2.05, 4.69) is 30.9 Å². The minimum Gasteiger partial charge on any atom is -0.481 e. The number of hydrogen-bond acceptors (Lipinski definition) is 2. The molecule has 1 atom stereocenters. The molecule has 3 heteroatoms. The summed E-state index contributed by atoms with van der Waals surface area (Å²) in [7, 11) is 0. The lowest BCUT2D eigenvalue weighted by Crippen LogP contribution is -2.39. The van der Waals surface area contributed by atoms with E-state index in [1.54, 1.807) is 0 Å². The Morgan fingerprint density at radius 2 is 1.74 bits per heavy atom. The first-order valence-electron chi connectivity index (χ1n) is 7.17. The Balaban J connectivity index is 2.76. The molecular weight excluding hydrogens is 238 g/mol. The molecule has 0 fully saturated rings. The Labute approximate surface area is 116 Å². The predicted molar refractivity (Wildman–Crippen MR) is 78.3 cm³/mol. The SMILES string of the molecule is CCCN(CCC)C(CC(=O)O)Cc1ccccc1. The van der Waals surface area contributed by atoms with E-state index in [0.29, 0.717) is 0 Å². The Kier molecular flexibility index (Phi) is 7.19. The molecule has 0 saturated heterocycles. The first-order valence-corrected chi connectivity index (χ1v) is 7.17. The van der Waals surface area contributed by atoms with E-state index in [9.17, 15) is 4.79 Å². The third-order valence-corrected chi connectivity index (χ3v) is 3.26. The summed E-state index contributed by atoms with van der Waals surface area (Å²) in [6, 6.07) is 10.3. The van der Waals surface area contributed by atoms with Gasteiger partial charge in [-0.3, -0.25) is 9.69 Å². The molecule has 1 aromatic rings. The zero-order valence-electron chi connectivity index (χ0n) is 12.0. The van der Waals surface area contributed by atoms with Gasteiger partial charge in [-0.05, 0) is 37.9 Å². The topological polar surface area (TPSA) is 40.5 Å². The van der Waals surface area contributed by atoms with Crippen LogP contribution in [0.25, 0.3) is 0 Å². The summed E-state index contributed by atoms with van der Waals surface area (Å²) in [6.07, 6.45) is 3.15. The first-order chi connectivity index (χ1) is 9.17. The minimum absolute atomic E-state index is 0.0970. The maximum Gasteiger partial charge on any atom is 0.304 e. The van der Waals surface area contributed by atoms with Gasteiger partial charge >= 0.3 is 5.97 Å². The van der Waals surface area contributed by atoms with E-state index >= 15 is 0 Å². The van der Waals surface area contributed by atoms with E-state index in [1.165, 1.54) is 5.56 Å². The molecule has 1 unspecified atom stereocenters. The Bertz CT molecular complexity index is 358. The van der Waals surface area contributed by atoms with Gasteiger partial charge in [-0.15, -0.1) is 0 Å². The van der Waals surface area contributed by atoms with Crippen molar-refractivity contribution >= 4 is 5.97 Å². The quantitative estimate of drug-likeness (QED) is 0.744. The molecule has 19 heavy (non-hydrogen) atoms. The molecule has 1 N–H and O–H groups in total. The van der Waals surface area contributed by atoms with Crippen LogP contribution in [0.2, 0.25) is 0 Å². The fourth-order valence-electron chi connectivity index (χ4n) is 2.47. The van der Waals surface area contributed by atoms with Gasteiger partial charge in [0.1, 0.15) is 0 Å². The molecular formula is C16H25NO2. The van der Waals surface area contributed by atoms with Crippen LogP contribution in [0.3, 0.4) is 0 Å². The van der Waals surface area contributed by atoms with Crippen molar-refractivity contribution in [2.75, 3.05) is 13.1 Å². The molecule has 0 aliphatic carbocycles. The van der Waals surface area contributed by atoms with Gasteiger partial charge in [-0.25, -0.2) is 0 Å². The van der Waals surface area contributed by atoms with Gasteiger partial charge in [-0.1, -0.05) is 44.2 Å². The van der Waals surface area contributed by atoms with E-state index in [4.69, 9.17) is 5.11 Å². The number of carboxylic acids is 1. The van der Waals surface area contributed by atoms with E-state index < -0.39 is 5.97 Å². The lowest BCUT2D eigenvalue weighted by Gasteiger charge is -2.30. The van der Waals surface area contributed by atoms with Crippen LogP contribution in [0.1, 0.15) is 38.7 Å². The van der Waals surface area contributed by atoms with Gasteiger partial charge < -0.3 is 5.11 Å². The first kappa shape index (κ1) is 15.7. The zero-order chi connectivity index (χ0) is 14.1. The van der Waals surface area contributed by atoms with Crippen molar-refractivity contribution in [3.05, 3.63) is 35.9 Å². The number of hydrogen-bond donors (Lipinski definition) is 1. The lowest BCUT2D eigenvalue weighted by atomic mass is 10.0. The predicted octanol–water partition coefficient (Wildman–Crippen LogP) is 3.19. The highest BCUT2D eigenvalue weighted by Gasteiger charge is 2.20. The lowest BCUT2D eigenvalue weighted by molar-refractivity contribution is -0.138. The van der Waals surface area contributed by atoms with Crippen molar-refractivity contribution in [2.24, 2.45) is 0 Å². The molecule has 106 valence electrons. The summed E-state index contributed by atoms with van der Waals surface area (Å²) in [5.74, 6) is -0.710. The number of carboxylic acid groups (broad SMARTS) is 1. The highest BCUT2D eigenvalue weighted by Crippen LogP contribution is 2.13. The molecule has 1 aromatic carbocycles. The van der Waals surface area contributed by atoms with Crippen LogP contribution in [-0.4, -0.2) is 35.1 Å². The Morgan fingerprint density at radius 3 is 2.21 bits per heavy atom. The molecule has 0 aliphatic heterocycles. The van der Waals surface area contributed by atoms with Crippen molar-refractivity contribution in [2.45, 2.75) is 45.6 Å². The van der Waals surface area contributed by atoms with Gasteiger partial charge in [0.05, 0.1) is 6.42 Å². The van der Waals surface area contributed by atoms with Crippen molar-refractivity contribution in [1.82, 2.24) is 4.90 Å². The molecule has 0 spiro atoms. The minimum atomic E-state index is -0.710. The van der Waals surface area contributed by atoms with Crippen LogP contribution in [0.15, 0.2) is 30.3 Å². The van der Waals surface area contributed by atoms with Crippen LogP contribution in [0.5, 0.6) is 0 Å². The number of aliphatic carboxylic acids is 1. The summed E-state index contributed by atoms with van der Waals surface area (Å²) in [4.78, 5) is 13.4. The average Bonchev–Trinajstić information content (AvgIpc) is 2.38. The molecule has 0 saturated carbocycles. The third kappa shape index (κ3) is 5.88. The Hall–Kier alpha value is -1.35. The van der Waals surface area contributed by atoms with E-state index in [1.807, 2.05) is 18.2 Å². The fraction of sp³-hybridized carbons (Fsp3) is 0.562. The number of nitrogens with zero attached hydrogens (tertiary/aromatic N) is 1. The van der Waals surface area contributed by atoms with E-state index in [-0.39, 0.29) is 12.5 Å². The van der Waals surface area contributed by atoms with Crippen LogP contribution < -0.4 is 0 Å². The normalized spacial score (nSPS) is 12.6. The molecule has 0 amide bonds. The summed E-state index contributed by atoms with van der Waals surface area (Å²) in [5.41, 5.74) is 1.21. The summed E-state index contributed by atoms with van der Waals surface area (Å²) < 4.78 is 0. The smallest absolute Gasteiger partial charge is 0.304 e. The van der Waals surface area contributed by atoms with Crippen LogP contribution in [0.4, 0.5) is 0 Å². The van der Waals surface area contributed by atoms with Crippen LogP contribution in [0, 0.1) is 0 Å². The van der Waals surface area contributed by atoms with Crippen molar-refractivity contribution < 1.29 is 9.90 Å². The number of rotatable bonds is 9. The van der Waals surface area contributed by atoms with Crippen molar-refractivity contribution in [1.29, 1.82) is 0 Å². The summed E-state index contributed by atoms with van der Waals surface area (Å²) >= 11 is 0. The maximum atomic E-state index is 11.1. The second kappa shape index (κ2) is 8.70. The molecule has 0 heterocycles. The highest BCUT2D eigenvalue weighted by atomic mass is 16.4. The number of benzene rings is 1. The zero-order valence-corrected chi connectivity index (χ0v) is 12.0. The van der Waals surface area contributed by atoms with Crippen LogP contribution in [-0.2, 0) is 11.2 Å². The number of carbonyl (C=O) groups is 1. The second-order valence-electron chi connectivity index (χ2n) is 4.98. The maximum absolute atomic E-state index is 11.1. The van der Waals surface area contributed by atoms with Gasteiger partial charge in [0.15, 0.2) is 0 Å². The highest BCUT2D eigenvalue weighted by molar-refractivity contribution is 5.67. The van der Waals surface area contributed by atoms with Crippen molar-refractivity contribution in [3.63, 3.8) is 0 Å². The third-order valence-electron chi connectivity index (χ3n) is 3.26. The van der Waals surface area contributed by atoms with Gasteiger partial charge in [0.2, 0.25) is 0 Å². The Morgan fingerprint density at radius 1 is 1.16 bits per heavy atom. The monoisotopic (exact) mass is 263 g/mol. The summed E-state index contributed by atoms with van der Waals surface area (Å²) in [6.45, 7) is 6.23. The van der Waals surface area contributed by atoms with Crippen molar-refractivity contribution in [3.8, 4) is 0 Å².